The lowest BCUT2D eigenvalue weighted by atomic mass is 9.69. The molecular formula is C21H32F3N5O2S. The van der Waals surface area contributed by atoms with Crippen LogP contribution < -0.4 is 9.80 Å². The lowest BCUT2D eigenvalue weighted by Gasteiger charge is -2.45. The molecule has 4 rings (SSSR count). The minimum absolute atomic E-state index is 0.128. The standard InChI is InChI=1S/C21H32F3N5O2S/c1-27(12-13-29-11-6-14-32(29,30)31)17-15-18(26-19(25-17)21(22,23)24)28-10-5-9-20(16-28)7-3-2-4-8-20/h15H,2-14,16H2,1H3. The molecule has 0 unspecified atom stereocenters. The Morgan fingerprint density at radius 2 is 1.78 bits per heavy atom. The second kappa shape index (κ2) is 8.96. The zero-order valence-electron chi connectivity index (χ0n) is 18.6. The molecule has 7 nitrogen and oxygen atoms in total. The molecule has 0 radical (unpaired) electrons. The summed E-state index contributed by atoms with van der Waals surface area (Å²) in [7, 11) is -1.61. The number of rotatable bonds is 5. The Hall–Kier alpha value is -1.62. The van der Waals surface area contributed by atoms with Crippen molar-refractivity contribution in [2.24, 2.45) is 5.41 Å². The Balaban J connectivity index is 1.55. The molecular weight excluding hydrogens is 443 g/mol. The van der Waals surface area contributed by atoms with E-state index in [0.717, 1.165) is 32.2 Å². The lowest BCUT2D eigenvalue weighted by molar-refractivity contribution is -0.144. The van der Waals surface area contributed by atoms with E-state index in [1.54, 1.807) is 18.0 Å². The van der Waals surface area contributed by atoms with Crippen LogP contribution in [0.25, 0.3) is 0 Å². The number of hydrogen-bond acceptors (Lipinski definition) is 6. The molecule has 0 aromatic carbocycles. The minimum atomic E-state index is -4.65. The summed E-state index contributed by atoms with van der Waals surface area (Å²) >= 11 is 0. The highest BCUT2D eigenvalue weighted by atomic mass is 32.2. The van der Waals surface area contributed by atoms with E-state index in [1.165, 1.54) is 23.6 Å². The van der Waals surface area contributed by atoms with Crippen LogP contribution in [-0.2, 0) is 16.2 Å². The van der Waals surface area contributed by atoms with Gasteiger partial charge in [0.1, 0.15) is 11.6 Å². The number of likely N-dealkylation sites (N-methyl/N-ethyl adjacent to an activating group) is 1. The van der Waals surface area contributed by atoms with Crippen LogP contribution in [0.3, 0.4) is 0 Å². The van der Waals surface area contributed by atoms with Gasteiger partial charge in [-0.15, -0.1) is 0 Å². The van der Waals surface area contributed by atoms with E-state index in [-0.39, 0.29) is 30.1 Å². The van der Waals surface area contributed by atoms with Gasteiger partial charge in [0.15, 0.2) is 0 Å². The van der Waals surface area contributed by atoms with Gasteiger partial charge in [0, 0.05) is 45.8 Å². The van der Waals surface area contributed by atoms with Gasteiger partial charge in [0.05, 0.1) is 5.75 Å². The maximum Gasteiger partial charge on any atom is 0.451 e. The summed E-state index contributed by atoms with van der Waals surface area (Å²) < 4.78 is 66.3. The smallest absolute Gasteiger partial charge is 0.358 e. The van der Waals surface area contributed by atoms with Crippen molar-refractivity contribution in [1.82, 2.24) is 14.3 Å². The van der Waals surface area contributed by atoms with Crippen molar-refractivity contribution in [1.29, 1.82) is 0 Å². The topological polar surface area (TPSA) is 69.6 Å². The lowest BCUT2D eigenvalue weighted by Crippen LogP contribution is -2.45. The van der Waals surface area contributed by atoms with Crippen LogP contribution in [0.1, 0.15) is 57.2 Å². The SMILES string of the molecule is CN(CCN1CCCS1(=O)=O)c1cc(N2CCCC3(CCCCC3)C2)nc(C(F)(F)F)n1. The van der Waals surface area contributed by atoms with E-state index in [4.69, 9.17) is 0 Å². The second-order valence-corrected chi connectivity index (χ2v) is 11.6. The van der Waals surface area contributed by atoms with Gasteiger partial charge in [-0.25, -0.2) is 22.7 Å². The number of alkyl halides is 3. The van der Waals surface area contributed by atoms with E-state index in [2.05, 4.69) is 9.97 Å². The zero-order valence-corrected chi connectivity index (χ0v) is 19.4. The van der Waals surface area contributed by atoms with Gasteiger partial charge >= 0.3 is 6.18 Å². The largest absolute Gasteiger partial charge is 0.451 e. The second-order valence-electron chi connectivity index (χ2n) is 9.48. The Morgan fingerprint density at radius 3 is 2.44 bits per heavy atom. The first-order chi connectivity index (χ1) is 15.1. The first kappa shape index (κ1) is 23.5. The number of halogens is 3. The van der Waals surface area contributed by atoms with Crippen LogP contribution in [0.15, 0.2) is 6.07 Å². The Labute approximate surface area is 188 Å². The highest BCUT2D eigenvalue weighted by Gasteiger charge is 2.39. The molecule has 0 N–H and O–H groups in total. The molecule has 2 aliphatic heterocycles. The predicted octanol–water partition coefficient (Wildman–Crippen LogP) is 3.52. The number of aromatic nitrogens is 2. The average molecular weight is 476 g/mol. The highest BCUT2D eigenvalue weighted by Crippen LogP contribution is 2.44. The fraction of sp³-hybridized carbons (Fsp3) is 0.810. The van der Waals surface area contributed by atoms with Crippen LogP contribution in [0.2, 0.25) is 0 Å². The van der Waals surface area contributed by atoms with Gasteiger partial charge in [0.25, 0.3) is 0 Å². The first-order valence-corrected chi connectivity index (χ1v) is 13.1. The number of anilines is 2. The molecule has 1 spiro atoms. The molecule has 1 aromatic rings. The van der Waals surface area contributed by atoms with Crippen LogP contribution >= 0.6 is 0 Å². The number of hydrogen-bond donors (Lipinski definition) is 0. The summed E-state index contributed by atoms with van der Waals surface area (Å²) in [5.41, 5.74) is 0.177. The van der Waals surface area contributed by atoms with Crippen molar-refractivity contribution >= 4 is 21.7 Å². The normalized spacial score (nSPS) is 23.6. The fourth-order valence-corrected chi connectivity index (χ4v) is 6.86. The summed E-state index contributed by atoms with van der Waals surface area (Å²) in [6, 6.07) is 1.62. The molecule has 3 heterocycles. The monoisotopic (exact) mass is 475 g/mol. The molecule has 0 bridgehead atoms. The van der Waals surface area contributed by atoms with E-state index < -0.39 is 22.0 Å². The predicted molar refractivity (Wildman–Crippen MR) is 117 cm³/mol. The average Bonchev–Trinajstić information content (AvgIpc) is 3.09. The third-order valence-electron chi connectivity index (χ3n) is 7.13. The van der Waals surface area contributed by atoms with E-state index >= 15 is 0 Å². The number of nitrogens with zero attached hydrogens (tertiary/aromatic N) is 5. The Morgan fingerprint density at radius 1 is 1.06 bits per heavy atom. The molecule has 0 amide bonds. The maximum atomic E-state index is 13.6. The van der Waals surface area contributed by atoms with Crippen LogP contribution in [0.4, 0.5) is 24.8 Å². The fourth-order valence-electron chi connectivity index (χ4n) is 5.34. The van der Waals surface area contributed by atoms with Crippen molar-refractivity contribution in [3.8, 4) is 0 Å². The van der Waals surface area contributed by atoms with Crippen molar-refractivity contribution in [2.45, 2.75) is 57.5 Å². The van der Waals surface area contributed by atoms with Crippen LogP contribution in [-0.4, -0.2) is 68.2 Å². The van der Waals surface area contributed by atoms with Crippen molar-refractivity contribution < 1.29 is 21.6 Å². The third-order valence-corrected chi connectivity index (χ3v) is 9.09. The molecule has 1 aromatic heterocycles. The maximum absolute atomic E-state index is 13.6. The zero-order chi connectivity index (χ0) is 23.0. The van der Waals surface area contributed by atoms with E-state index in [9.17, 15) is 21.6 Å². The number of piperidine rings is 1. The summed E-state index contributed by atoms with van der Waals surface area (Å²) in [6.45, 7) is 2.36. The van der Waals surface area contributed by atoms with Gasteiger partial charge in [-0.2, -0.15) is 13.2 Å². The molecule has 1 saturated carbocycles. The summed E-state index contributed by atoms with van der Waals surface area (Å²) in [4.78, 5) is 11.3. The quantitative estimate of drug-likeness (QED) is 0.649. The number of sulfonamides is 1. The summed E-state index contributed by atoms with van der Waals surface area (Å²) in [5.74, 6) is -0.535. The molecule has 32 heavy (non-hydrogen) atoms. The van der Waals surface area contributed by atoms with Gasteiger partial charge in [-0.3, -0.25) is 0 Å². The molecule has 3 fully saturated rings. The van der Waals surface area contributed by atoms with Crippen LogP contribution in [0, 0.1) is 5.41 Å². The summed E-state index contributed by atoms with van der Waals surface area (Å²) in [5, 5.41) is 0. The molecule has 1 aliphatic carbocycles. The molecule has 3 aliphatic rings. The Kier molecular flexibility index (Phi) is 6.59. The molecule has 11 heteroatoms. The van der Waals surface area contributed by atoms with Crippen LogP contribution in [0.5, 0.6) is 0 Å². The van der Waals surface area contributed by atoms with E-state index in [0.29, 0.717) is 25.3 Å². The first-order valence-electron chi connectivity index (χ1n) is 11.5. The summed E-state index contributed by atoms with van der Waals surface area (Å²) in [6.07, 6.45) is 3.84. The van der Waals surface area contributed by atoms with Gasteiger partial charge in [-0.05, 0) is 37.5 Å². The minimum Gasteiger partial charge on any atom is -0.358 e. The molecule has 180 valence electrons. The van der Waals surface area contributed by atoms with Crippen molar-refractivity contribution in [3.63, 3.8) is 0 Å². The molecule has 0 atom stereocenters. The highest BCUT2D eigenvalue weighted by molar-refractivity contribution is 7.89. The molecule has 2 saturated heterocycles. The third kappa shape index (κ3) is 5.13. The van der Waals surface area contributed by atoms with Gasteiger partial charge in [0.2, 0.25) is 15.8 Å². The van der Waals surface area contributed by atoms with Crippen molar-refractivity contribution in [2.75, 3.05) is 55.3 Å². The van der Waals surface area contributed by atoms with Crippen molar-refractivity contribution in [3.05, 3.63) is 11.9 Å². The van der Waals surface area contributed by atoms with Gasteiger partial charge in [-0.1, -0.05) is 19.3 Å². The van der Waals surface area contributed by atoms with Gasteiger partial charge < -0.3 is 9.80 Å². The van der Waals surface area contributed by atoms with E-state index in [1.807, 2.05) is 4.90 Å². The Bertz CT molecular complexity index is 913.